The summed E-state index contributed by atoms with van der Waals surface area (Å²) in [6, 6.07) is 12.8. The van der Waals surface area contributed by atoms with Gasteiger partial charge in [-0.05, 0) is 43.2 Å². The van der Waals surface area contributed by atoms with Crippen LogP contribution < -0.4 is 0 Å². The van der Waals surface area contributed by atoms with Crippen molar-refractivity contribution in [2.75, 3.05) is 32.7 Å². The number of aromatic nitrogens is 2. The first-order chi connectivity index (χ1) is 13.6. The molecule has 1 fully saturated rings. The van der Waals surface area contributed by atoms with E-state index < -0.39 is 10.0 Å². The number of sulfonamides is 1. The summed E-state index contributed by atoms with van der Waals surface area (Å²) in [5.74, 6) is 0. The van der Waals surface area contributed by atoms with Crippen LogP contribution in [0.15, 0.2) is 59.8 Å². The van der Waals surface area contributed by atoms with Gasteiger partial charge in [0.15, 0.2) is 0 Å². The number of benzene rings is 1. The fourth-order valence-corrected chi connectivity index (χ4v) is 5.29. The second kappa shape index (κ2) is 8.03. The molecule has 0 saturated carbocycles. The standard InChI is InChI=1S/C21H26N4O2S/c1-2-24-17-18(20-9-6-11-22-21(20)24)10-12-23-13-15-25(16-14-23)28(26,27)19-7-4-3-5-8-19/h3-9,11,17H,2,10,12-16H2,1H3. The summed E-state index contributed by atoms with van der Waals surface area (Å²) in [4.78, 5) is 7.24. The van der Waals surface area contributed by atoms with Gasteiger partial charge in [0.25, 0.3) is 0 Å². The maximum atomic E-state index is 12.8. The van der Waals surface area contributed by atoms with Crippen molar-refractivity contribution >= 4 is 21.1 Å². The van der Waals surface area contributed by atoms with E-state index in [1.54, 1.807) is 28.6 Å². The maximum absolute atomic E-state index is 12.8. The second-order valence-electron chi connectivity index (χ2n) is 7.12. The highest BCUT2D eigenvalue weighted by molar-refractivity contribution is 7.89. The third kappa shape index (κ3) is 3.70. The van der Waals surface area contributed by atoms with Crippen LogP contribution in [0.4, 0.5) is 0 Å². The molecule has 7 heteroatoms. The van der Waals surface area contributed by atoms with Crippen molar-refractivity contribution in [1.82, 2.24) is 18.8 Å². The van der Waals surface area contributed by atoms with Crippen LogP contribution in [0.25, 0.3) is 11.0 Å². The van der Waals surface area contributed by atoms with Gasteiger partial charge in [-0.2, -0.15) is 4.31 Å². The van der Waals surface area contributed by atoms with Gasteiger partial charge in [-0.15, -0.1) is 0 Å². The summed E-state index contributed by atoms with van der Waals surface area (Å²) in [5, 5.41) is 1.22. The Balaban J connectivity index is 1.38. The molecule has 0 spiro atoms. The van der Waals surface area contributed by atoms with Gasteiger partial charge in [0.2, 0.25) is 10.0 Å². The summed E-state index contributed by atoms with van der Waals surface area (Å²) < 4.78 is 29.3. The molecule has 0 aliphatic carbocycles. The topological polar surface area (TPSA) is 58.4 Å². The van der Waals surface area contributed by atoms with Gasteiger partial charge < -0.3 is 9.47 Å². The Hall–Kier alpha value is -2.22. The van der Waals surface area contributed by atoms with Crippen molar-refractivity contribution in [3.63, 3.8) is 0 Å². The van der Waals surface area contributed by atoms with Crippen molar-refractivity contribution in [2.45, 2.75) is 24.8 Å². The molecule has 0 bridgehead atoms. The molecule has 0 atom stereocenters. The SMILES string of the molecule is CCn1cc(CCN2CCN(S(=O)(=O)c3ccccc3)CC2)c2cccnc21. The Labute approximate surface area is 166 Å². The second-order valence-corrected chi connectivity index (χ2v) is 9.06. The lowest BCUT2D eigenvalue weighted by atomic mass is 10.1. The molecule has 0 N–H and O–H groups in total. The number of nitrogens with zero attached hydrogens (tertiary/aromatic N) is 4. The van der Waals surface area contributed by atoms with Gasteiger partial charge in [0.05, 0.1) is 4.90 Å². The highest BCUT2D eigenvalue weighted by Gasteiger charge is 2.28. The summed E-state index contributed by atoms with van der Waals surface area (Å²) in [6.45, 7) is 6.56. The van der Waals surface area contributed by atoms with Crippen LogP contribution in [0, 0.1) is 0 Å². The normalized spacial score (nSPS) is 16.6. The minimum atomic E-state index is -3.39. The third-order valence-corrected chi connectivity index (χ3v) is 7.38. The quantitative estimate of drug-likeness (QED) is 0.640. The van der Waals surface area contributed by atoms with E-state index in [1.807, 2.05) is 18.3 Å². The minimum Gasteiger partial charge on any atom is -0.333 e. The van der Waals surface area contributed by atoms with E-state index in [0.29, 0.717) is 18.0 Å². The molecular formula is C21H26N4O2S. The van der Waals surface area contributed by atoms with Crippen molar-refractivity contribution < 1.29 is 8.42 Å². The fourth-order valence-electron chi connectivity index (χ4n) is 3.85. The minimum absolute atomic E-state index is 0.378. The van der Waals surface area contributed by atoms with E-state index in [0.717, 1.165) is 38.2 Å². The van der Waals surface area contributed by atoms with Crippen LogP contribution in [0.2, 0.25) is 0 Å². The molecule has 3 heterocycles. The molecule has 3 aromatic rings. The lowest BCUT2D eigenvalue weighted by Gasteiger charge is -2.33. The smallest absolute Gasteiger partial charge is 0.243 e. The summed E-state index contributed by atoms with van der Waals surface area (Å²) in [6.07, 6.45) is 4.99. The van der Waals surface area contributed by atoms with Crippen molar-refractivity contribution in [1.29, 1.82) is 0 Å². The molecule has 148 valence electrons. The van der Waals surface area contributed by atoms with Crippen LogP contribution in [0.5, 0.6) is 0 Å². The van der Waals surface area contributed by atoms with Crippen LogP contribution in [-0.2, 0) is 23.0 Å². The van der Waals surface area contributed by atoms with E-state index in [9.17, 15) is 8.42 Å². The van der Waals surface area contributed by atoms with E-state index in [-0.39, 0.29) is 0 Å². The van der Waals surface area contributed by atoms with E-state index >= 15 is 0 Å². The molecule has 0 radical (unpaired) electrons. The maximum Gasteiger partial charge on any atom is 0.243 e. The van der Waals surface area contributed by atoms with E-state index in [2.05, 4.69) is 33.6 Å². The zero-order valence-corrected chi connectivity index (χ0v) is 17.0. The number of hydrogen-bond acceptors (Lipinski definition) is 4. The number of hydrogen-bond donors (Lipinski definition) is 0. The Morgan fingerprint density at radius 2 is 1.75 bits per heavy atom. The average molecular weight is 399 g/mol. The van der Waals surface area contributed by atoms with E-state index in [4.69, 9.17) is 0 Å². The number of fused-ring (bicyclic) bond motifs is 1. The van der Waals surface area contributed by atoms with Crippen LogP contribution in [0.3, 0.4) is 0 Å². The van der Waals surface area contributed by atoms with Gasteiger partial charge in [0, 0.05) is 57.0 Å². The van der Waals surface area contributed by atoms with Crippen molar-refractivity contribution in [2.24, 2.45) is 0 Å². The molecule has 1 aliphatic rings. The molecule has 4 rings (SSSR count). The molecule has 2 aromatic heterocycles. The first-order valence-electron chi connectivity index (χ1n) is 9.80. The molecule has 1 aliphatic heterocycles. The van der Waals surface area contributed by atoms with Crippen LogP contribution in [-0.4, -0.2) is 59.9 Å². The van der Waals surface area contributed by atoms with Crippen molar-refractivity contribution in [3.8, 4) is 0 Å². The predicted molar refractivity (Wildman–Crippen MR) is 111 cm³/mol. The largest absolute Gasteiger partial charge is 0.333 e. The van der Waals surface area contributed by atoms with Crippen LogP contribution in [0.1, 0.15) is 12.5 Å². The average Bonchev–Trinajstić information content (AvgIpc) is 3.11. The van der Waals surface area contributed by atoms with Crippen molar-refractivity contribution in [3.05, 3.63) is 60.4 Å². The van der Waals surface area contributed by atoms with Gasteiger partial charge in [0.1, 0.15) is 5.65 Å². The summed E-state index contributed by atoms with van der Waals surface area (Å²) in [7, 11) is -3.39. The van der Waals surface area contributed by atoms with E-state index in [1.165, 1.54) is 10.9 Å². The van der Waals surface area contributed by atoms with Crippen LogP contribution >= 0.6 is 0 Å². The highest BCUT2D eigenvalue weighted by atomic mass is 32.2. The number of rotatable bonds is 6. The molecule has 0 unspecified atom stereocenters. The van der Waals surface area contributed by atoms with Gasteiger partial charge in [-0.25, -0.2) is 13.4 Å². The Kier molecular flexibility index (Phi) is 5.48. The predicted octanol–water partition coefficient (Wildman–Crippen LogP) is 2.61. The lowest BCUT2D eigenvalue weighted by Crippen LogP contribution is -2.48. The lowest BCUT2D eigenvalue weighted by molar-refractivity contribution is 0.190. The fraction of sp³-hybridized carbons (Fsp3) is 0.381. The Morgan fingerprint density at radius 1 is 1.00 bits per heavy atom. The molecule has 1 saturated heterocycles. The van der Waals surface area contributed by atoms with Gasteiger partial charge in [-0.1, -0.05) is 18.2 Å². The van der Waals surface area contributed by atoms with Gasteiger partial charge in [-0.3, -0.25) is 0 Å². The number of pyridine rings is 1. The Bertz CT molecular complexity index is 1040. The Morgan fingerprint density at radius 3 is 2.46 bits per heavy atom. The highest BCUT2D eigenvalue weighted by Crippen LogP contribution is 2.21. The summed E-state index contributed by atoms with van der Waals surface area (Å²) >= 11 is 0. The summed E-state index contributed by atoms with van der Waals surface area (Å²) in [5.41, 5.74) is 2.35. The first-order valence-corrected chi connectivity index (χ1v) is 11.2. The zero-order chi connectivity index (χ0) is 19.6. The first kappa shape index (κ1) is 19.1. The monoisotopic (exact) mass is 398 g/mol. The molecular weight excluding hydrogens is 372 g/mol. The number of aryl methyl sites for hydroxylation is 1. The number of piperazine rings is 1. The molecule has 28 heavy (non-hydrogen) atoms. The molecule has 1 aromatic carbocycles. The van der Waals surface area contributed by atoms with Gasteiger partial charge >= 0.3 is 0 Å². The zero-order valence-electron chi connectivity index (χ0n) is 16.2. The molecule has 0 amide bonds. The molecule has 6 nitrogen and oxygen atoms in total. The third-order valence-electron chi connectivity index (χ3n) is 5.47.